The van der Waals surface area contributed by atoms with Crippen LogP contribution in [0.25, 0.3) is 0 Å². The van der Waals surface area contributed by atoms with E-state index in [4.69, 9.17) is 0 Å². The molecule has 0 radical (unpaired) electrons. The standard InChI is InChI=1S/C26H26N4O5S/c1-29-12-14-30(15-13-29)28-36(34,35)19-9-7-18(8-10-19)27-26(33)17-6-11-22-23(16-17)25(32)21-5-3-2-4-20(21)24(22)31/h4-11,16,28H,2-3,12-15H2,1H3,(H,27,33). The number of benzene rings is 2. The minimum absolute atomic E-state index is 0.0851. The molecule has 1 heterocycles. The molecule has 9 nitrogen and oxygen atoms in total. The number of sulfonamides is 1. The normalized spacial score (nSPS) is 18.7. The van der Waals surface area contributed by atoms with Gasteiger partial charge in [-0.1, -0.05) is 12.2 Å². The van der Waals surface area contributed by atoms with Crippen LogP contribution in [0.2, 0.25) is 0 Å². The van der Waals surface area contributed by atoms with E-state index in [1.54, 1.807) is 17.2 Å². The number of anilines is 1. The van der Waals surface area contributed by atoms with Crippen LogP contribution in [-0.4, -0.2) is 69.0 Å². The van der Waals surface area contributed by atoms with Crippen molar-refractivity contribution >= 4 is 33.2 Å². The van der Waals surface area contributed by atoms with Gasteiger partial charge in [0.15, 0.2) is 11.6 Å². The van der Waals surface area contributed by atoms with Gasteiger partial charge in [-0.25, -0.2) is 13.4 Å². The molecule has 0 atom stereocenters. The molecule has 1 saturated heterocycles. The summed E-state index contributed by atoms with van der Waals surface area (Å²) in [6.07, 6.45) is 4.99. The summed E-state index contributed by atoms with van der Waals surface area (Å²) in [4.78, 5) is 43.4. The smallest absolute Gasteiger partial charge is 0.255 e. The van der Waals surface area contributed by atoms with Crippen molar-refractivity contribution in [2.24, 2.45) is 0 Å². The van der Waals surface area contributed by atoms with Crippen molar-refractivity contribution in [2.75, 3.05) is 38.5 Å². The number of hydrogen-bond acceptors (Lipinski definition) is 7. The Hall–Kier alpha value is -3.44. The second kappa shape index (κ2) is 9.55. The summed E-state index contributed by atoms with van der Waals surface area (Å²) in [6.45, 7) is 2.72. The highest BCUT2D eigenvalue weighted by molar-refractivity contribution is 7.89. The number of piperazine rings is 1. The van der Waals surface area contributed by atoms with E-state index < -0.39 is 15.9 Å². The van der Waals surface area contributed by atoms with Gasteiger partial charge in [0.25, 0.3) is 15.9 Å². The van der Waals surface area contributed by atoms with Gasteiger partial charge in [-0.3, -0.25) is 14.4 Å². The second-order valence-electron chi connectivity index (χ2n) is 9.10. The molecule has 2 N–H and O–H groups in total. The van der Waals surface area contributed by atoms with Gasteiger partial charge in [0.1, 0.15) is 0 Å². The number of carbonyl (C=O) groups excluding carboxylic acids is 3. The van der Waals surface area contributed by atoms with Crippen LogP contribution in [-0.2, 0) is 10.0 Å². The predicted octanol–water partition coefficient (Wildman–Crippen LogP) is 2.41. The van der Waals surface area contributed by atoms with Gasteiger partial charge in [0, 0.05) is 59.7 Å². The molecule has 0 bridgehead atoms. The van der Waals surface area contributed by atoms with E-state index in [1.807, 2.05) is 7.05 Å². The molecular formula is C26H26N4O5S. The molecule has 1 amide bonds. The Labute approximate surface area is 209 Å². The SMILES string of the molecule is CN1CCN(NS(=O)(=O)c2ccc(NC(=O)c3ccc4c(c3)C(=O)C3=CCCC=C3C4=O)cc2)CC1. The molecular weight excluding hydrogens is 480 g/mol. The molecule has 0 aromatic heterocycles. The number of amides is 1. The Morgan fingerprint density at radius 1 is 0.833 bits per heavy atom. The molecule has 3 aliphatic rings. The number of allylic oxidation sites excluding steroid dienone is 4. The summed E-state index contributed by atoms with van der Waals surface area (Å²) in [5, 5.41) is 4.40. The highest BCUT2D eigenvalue weighted by atomic mass is 32.2. The van der Waals surface area contributed by atoms with Gasteiger partial charge in [-0.2, -0.15) is 0 Å². The van der Waals surface area contributed by atoms with E-state index >= 15 is 0 Å². The zero-order chi connectivity index (χ0) is 25.4. The quantitative estimate of drug-likeness (QED) is 0.640. The van der Waals surface area contributed by atoms with Crippen molar-refractivity contribution in [3.05, 3.63) is 82.5 Å². The number of hydrogen-bond donors (Lipinski definition) is 2. The fourth-order valence-corrected chi connectivity index (χ4v) is 5.63. The van der Waals surface area contributed by atoms with Crippen molar-refractivity contribution in [1.29, 1.82) is 0 Å². The van der Waals surface area contributed by atoms with Gasteiger partial charge in [-0.05, 0) is 62.4 Å². The Bertz CT molecular complexity index is 1420. The van der Waals surface area contributed by atoms with Crippen molar-refractivity contribution < 1.29 is 22.8 Å². The lowest BCUT2D eigenvalue weighted by atomic mass is 9.79. The number of nitrogens with zero attached hydrogens (tertiary/aromatic N) is 2. The van der Waals surface area contributed by atoms with E-state index in [0.717, 1.165) is 19.5 Å². The monoisotopic (exact) mass is 506 g/mol. The van der Waals surface area contributed by atoms with Gasteiger partial charge < -0.3 is 10.2 Å². The first-order valence-corrected chi connectivity index (χ1v) is 13.2. The Morgan fingerprint density at radius 3 is 2.08 bits per heavy atom. The largest absolute Gasteiger partial charge is 0.322 e. The molecule has 5 rings (SSSR count). The van der Waals surface area contributed by atoms with Crippen molar-refractivity contribution in [3.63, 3.8) is 0 Å². The highest BCUT2D eigenvalue weighted by Gasteiger charge is 2.33. The van der Waals surface area contributed by atoms with E-state index in [2.05, 4.69) is 15.0 Å². The van der Waals surface area contributed by atoms with Crippen LogP contribution in [0.4, 0.5) is 5.69 Å². The molecule has 0 unspecified atom stereocenters. The molecule has 0 spiro atoms. The average molecular weight is 507 g/mol. The average Bonchev–Trinajstić information content (AvgIpc) is 2.88. The molecule has 2 aromatic carbocycles. The maximum Gasteiger partial charge on any atom is 0.255 e. The first kappa shape index (κ1) is 24.3. The zero-order valence-electron chi connectivity index (χ0n) is 19.8. The van der Waals surface area contributed by atoms with Gasteiger partial charge in [-0.15, -0.1) is 4.83 Å². The van der Waals surface area contributed by atoms with E-state index in [0.29, 0.717) is 41.9 Å². The topological polar surface area (TPSA) is 116 Å². The minimum Gasteiger partial charge on any atom is -0.322 e. The lowest BCUT2D eigenvalue weighted by Gasteiger charge is -2.32. The fourth-order valence-electron chi connectivity index (χ4n) is 4.51. The van der Waals surface area contributed by atoms with Crippen LogP contribution >= 0.6 is 0 Å². The Balaban J connectivity index is 1.29. The van der Waals surface area contributed by atoms with Crippen molar-refractivity contribution in [3.8, 4) is 0 Å². The first-order chi connectivity index (χ1) is 17.2. The number of rotatable bonds is 5. The van der Waals surface area contributed by atoms with Crippen molar-refractivity contribution in [2.45, 2.75) is 17.7 Å². The number of carbonyl (C=O) groups is 3. The molecule has 1 aliphatic heterocycles. The van der Waals surface area contributed by atoms with Crippen LogP contribution in [0.5, 0.6) is 0 Å². The third-order valence-corrected chi connectivity index (χ3v) is 7.98. The van der Waals surface area contributed by atoms with Crippen LogP contribution in [0.15, 0.2) is 70.7 Å². The molecule has 10 heteroatoms. The van der Waals surface area contributed by atoms with Gasteiger partial charge in [0.2, 0.25) is 0 Å². The summed E-state index contributed by atoms with van der Waals surface area (Å²) >= 11 is 0. The van der Waals surface area contributed by atoms with Crippen LogP contribution in [0.1, 0.15) is 43.9 Å². The summed E-state index contributed by atoms with van der Waals surface area (Å²) in [5.41, 5.74) is 1.98. The zero-order valence-corrected chi connectivity index (χ0v) is 20.6. The fraction of sp³-hybridized carbons (Fsp3) is 0.269. The van der Waals surface area contributed by atoms with Crippen LogP contribution in [0, 0.1) is 0 Å². The molecule has 186 valence electrons. The van der Waals surface area contributed by atoms with E-state index in [9.17, 15) is 22.8 Å². The van der Waals surface area contributed by atoms with Crippen LogP contribution in [0.3, 0.4) is 0 Å². The Kier molecular flexibility index (Phi) is 6.44. The third-order valence-electron chi connectivity index (χ3n) is 6.59. The maximum atomic E-state index is 13.0. The lowest BCUT2D eigenvalue weighted by molar-refractivity contribution is 0.0970. The van der Waals surface area contributed by atoms with Crippen LogP contribution < -0.4 is 10.1 Å². The molecule has 0 saturated carbocycles. The molecule has 36 heavy (non-hydrogen) atoms. The third kappa shape index (κ3) is 4.68. The van der Waals surface area contributed by atoms with E-state index in [-0.39, 0.29) is 27.6 Å². The van der Waals surface area contributed by atoms with Gasteiger partial charge >= 0.3 is 0 Å². The number of fused-ring (bicyclic) bond motifs is 2. The number of Topliss-reactive ketones (excluding diaryl/α,β-unsaturated/α-hetero) is 2. The number of nitrogens with one attached hydrogen (secondary N) is 2. The Morgan fingerprint density at radius 2 is 1.44 bits per heavy atom. The summed E-state index contributed by atoms with van der Waals surface area (Å²) in [7, 11) is -1.75. The molecule has 2 aliphatic carbocycles. The number of likely N-dealkylation sites (N-methyl/N-ethyl adjacent to an activating group) is 1. The molecule has 2 aromatic rings. The number of hydrazine groups is 1. The second-order valence-corrected chi connectivity index (χ2v) is 10.8. The van der Waals surface area contributed by atoms with E-state index in [1.165, 1.54) is 42.5 Å². The maximum absolute atomic E-state index is 13.0. The lowest BCUT2D eigenvalue weighted by Crippen LogP contribution is -2.52. The number of ketones is 2. The summed E-state index contributed by atoms with van der Waals surface area (Å²) < 4.78 is 25.4. The first-order valence-electron chi connectivity index (χ1n) is 11.7. The predicted molar refractivity (Wildman–Crippen MR) is 134 cm³/mol. The summed E-state index contributed by atoms with van der Waals surface area (Å²) in [5.74, 6) is -0.930. The van der Waals surface area contributed by atoms with Crippen molar-refractivity contribution in [1.82, 2.24) is 14.7 Å². The minimum atomic E-state index is -3.74. The highest BCUT2D eigenvalue weighted by Crippen LogP contribution is 2.33. The summed E-state index contributed by atoms with van der Waals surface area (Å²) in [6, 6.07) is 10.3. The molecule has 1 fully saturated rings. The van der Waals surface area contributed by atoms with Gasteiger partial charge in [0.05, 0.1) is 4.90 Å².